The van der Waals surface area contributed by atoms with Gasteiger partial charge < -0.3 is 15.0 Å². The molecule has 6 nitrogen and oxygen atoms in total. The van der Waals surface area contributed by atoms with Crippen LogP contribution in [0.3, 0.4) is 0 Å². The molecular weight excluding hydrogens is 340 g/mol. The molecule has 3 aromatic rings. The van der Waals surface area contributed by atoms with E-state index >= 15 is 0 Å². The highest BCUT2D eigenvalue weighted by molar-refractivity contribution is 5.96. The van der Waals surface area contributed by atoms with Crippen LogP contribution in [0.4, 0.5) is 5.69 Å². The largest absolute Gasteiger partial charge is 0.352 e. The van der Waals surface area contributed by atoms with Crippen molar-refractivity contribution in [1.82, 2.24) is 14.7 Å². The maximum absolute atomic E-state index is 12.3. The Morgan fingerprint density at radius 3 is 2.67 bits per heavy atom. The Morgan fingerprint density at radius 1 is 1.19 bits per heavy atom. The summed E-state index contributed by atoms with van der Waals surface area (Å²) in [5.41, 5.74) is 3.13. The predicted octanol–water partition coefficient (Wildman–Crippen LogP) is 2.90. The van der Waals surface area contributed by atoms with Crippen molar-refractivity contribution in [2.75, 3.05) is 11.9 Å². The average Bonchev–Trinajstić information content (AvgIpc) is 3.26. The van der Waals surface area contributed by atoms with Gasteiger partial charge in [0.1, 0.15) is 5.65 Å². The lowest BCUT2D eigenvalue weighted by atomic mass is 10.2. The number of pyridine rings is 1. The molecule has 0 aliphatic heterocycles. The molecule has 2 atom stereocenters. The second kappa shape index (κ2) is 7.23. The van der Waals surface area contributed by atoms with Gasteiger partial charge in [0.25, 0.3) is 5.91 Å². The Morgan fingerprint density at radius 2 is 1.96 bits per heavy atom. The molecule has 1 saturated carbocycles. The molecule has 2 unspecified atom stereocenters. The van der Waals surface area contributed by atoms with E-state index in [1.807, 2.05) is 35.0 Å². The van der Waals surface area contributed by atoms with Crippen LogP contribution >= 0.6 is 0 Å². The van der Waals surface area contributed by atoms with E-state index in [2.05, 4.69) is 22.5 Å². The van der Waals surface area contributed by atoms with Gasteiger partial charge in [-0.05, 0) is 48.7 Å². The Hall–Kier alpha value is -3.15. The second-order valence-electron chi connectivity index (χ2n) is 7.09. The topological polar surface area (TPSA) is 75.5 Å². The molecule has 27 heavy (non-hydrogen) atoms. The lowest BCUT2D eigenvalue weighted by molar-refractivity contribution is -0.117. The summed E-state index contributed by atoms with van der Waals surface area (Å²) in [6.45, 7) is 2.59. The number of amides is 2. The number of nitrogens with zero attached hydrogens (tertiary/aromatic N) is 2. The first-order chi connectivity index (χ1) is 13.1. The molecule has 2 amide bonds. The van der Waals surface area contributed by atoms with Crippen molar-refractivity contribution < 1.29 is 9.59 Å². The number of nitrogens with one attached hydrogen (secondary N) is 2. The number of aromatic nitrogens is 2. The van der Waals surface area contributed by atoms with Gasteiger partial charge in [0, 0.05) is 42.5 Å². The highest BCUT2D eigenvalue weighted by Gasteiger charge is 2.39. The summed E-state index contributed by atoms with van der Waals surface area (Å²) in [4.78, 5) is 28.7. The van der Waals surface area contributed by atoms with Gasteiger partial charge in [0.2, 0.25) is 5.91 Å². The molecule has 0 spiro atoms. The highest BCUT2D eigenvalue weighted by atomic mass is 16.2. The van der Waals surface area contributed by atoms with Crippen LogP contribution in [0.15, 0.2) is 54.9 Å². The van der Waals surface area contributed by atoms with Crippen molar-refractivity contribution in [1.29, 1.82) is 0 Å². The lowest BCUT2D eigenvalue weighted by Gasteiger charge is -2.07. The monoisotopic (exact) mass is 362 g/mol. The third kappa shape index (κ3) is 4.00. The van der Waals surface area contributed by atoms with E-state index < -0.39 is 0 Å². The molecule has 6 heteroatoms. The number of hydrogen-bond donors (Lipinski definition) is 2. The Kier molecular flexibility index (Phi) is 4.62. The third-order valence-electron chi connectivity index (χ3n) is 4.94. The Bertz CT molecular complexity index is 944. The third-order valence-corrected chi connectivity index (χ3v) is 4.94. The zero-order valence-electron chi connectivity index (χ0n) is 15.2. The van der Waals surface area contributed by atoms with Crippen LogP contribution in [0, 0.1) is 11.8 Å². The first-order valence-corrected chi connectivity index (χ1v) is 9.22. The maximum Gasteiger partial charge on any atom is 0.251 e. The minimum absolute atomic E-state index is 0.0622. The molecule has 2 N–H and O–H groups in total. The number of hydrogen-bond acceptors (Lipinski definition) is 3. The van der Waals surface area contributed by atoms with Crippen LogP contribution in [-0.2, 0) is 11.2 Å². The summed E-state index contributed by atoms with van der Waals surface area (Å²) in [6.07, 6.45) is 5.55. The number of rotatable bonds is 6. The van der Waals surface area contributed by atoms with Crippen molar-refractivity contribution in [2.45, 2.75) is 19.8 Å². The first kappa shape index (κ1) is 17.3. The van der Waals surface area contributed by atoms with Crippen LogP contribution in [0.1, 0.15) is 29.4 Å². The summed E-state index contributed by atoms with van der Waals surface area (Å²) >= 11 is 0. The van der Waals surface area contributed by atoms with Gasteiger partial charge in [-0.1, -0.05) is 13.0 Å². The molecule has 2 aromatic heterocycles. The summed E-state index contributed by atoms with van der Waals surface area (Å²) in [5.74, 6) is 0.537. The molecule has 1 fully saturated rings. The summed E-state index contributed by atoms with van der Waals surface area (Å²) in [6, 6.07) is 12.8. The minimum Gasteiger partial charge on any atom is -0.352 e. The predicted molar refractivity (Wildman–Crippen MR) is 104 cm³/mol. The molecular formula is C21H22N4O2. The van der Waals surface area contributed by atoms with Gasteiger partial charge in [-0.25, -0.2) is 4.98 Å². The summed E-state index contributed by atoms with van der Waals surface area (Å²) in [5, 5.41) is 5.81. The SMILES string of the molecule is CC1CC1C(=O)Nc1ccc(C(=O)NCCc2cn3ccccc3n2)cc1. The molecule has 0 radical (unpaired) electrons. The van der Waals surface area contributed by atoms with Crippen molar-refractivity contribution in [3.05, 3.63) is 66.1 Å². The van der Waals surface area contributed by atoms with E-state index in [0.29, 0.717) is 24.4 Å². The van der Waals surface area contributed by atoms with E-state index in [1.54, 1.807) is 24.3 Å². The van der Waals surface area contributed by atoms with Gasteiger partial charge in [-0.15, -0.1) is 0 Å². The van der Waals surface area contributed by atoms with Crippen molar-refractivity contribution >= 4 is 23.1 Å². The molecule has 0 bridgehead atoms. The van der Waals surface area contributed by atoms with Gasteiger partial charge in [-0.3, -0.25) is 9.59 Å². The molecule has 1 aromatic carbocycles. The number of anilines is 1. The number of benzene rings is 1. The van der Waals surface area contributed by atoms with E-state index in [-0.39, 0.29) is 17.7 Å². The van der Waals surface area contributed by atoms with Crippen LogP contribution < -0.4 is 10.6 Å². The minimum atomic E-state index is -0.132. The molecule has 0 saturated heterocycles. The zero-order valence-corrected chi connectivity index (χ0v) is 15.2. The normalized spacial score (nSPS) is 18.3. The van der Waals surface area contributed by atoms with Crippen LogP contribution in [0.25, 0.3) is 5.65 Å². The van der Waals surface area contributed by atoms with Gasteiger partial charge in [0.05, 0.1) is 5.69 Å². The van der Waals surface area contributed by atoms with Crippen LogP contribution in [-0.4, -0.2) is 27.7 Å². The number of carbonyl (C=O) groups is 2. The van der Waals surface area contributed by atoms with Crippen molar-refractivity contribution in [3.63, 3.8) is 0 Å². The molecule has 1 aliphatic rings. The van der Waals surface area contributed by atoms with Crippen molar-refractivity contribution in [2.24, 2.45) is 11.8 Å². The van der Waals surface area contributed by atoms with Crippen molar-refractivity contribution in [3.8, 4) is 0 Å². The smallest absolute Gasteiger partial charge is 0.251 e. The Labute approximate surface area is 157 Å². The van der Waals surface area contributed by atoms with Gasteiger partial charge in [-0.2, -0.15) is 0 Å². The highest BCUT2D eigenvalue weighted by Crippen LogP contribution is 2.38. The fourth-order valence-electron chi connectivity index (χ4n) is 3.14. The lowest BCUT2D eigenvalue weighted by Crippen LogP contribution is -2.25. The first-order valence-electron chi connectivity index (χ1n) is 9.22. The maximum atomic E-state index is 12.3. The number of fused-ring (bicyclic) bond motifs is 1. The van der Waals surface area contributed by atoms with Gasteiger partial charge in [0.15, 0.2) is 0 Å². The van der Waals surface area contributed by atoms with E-state index in [9.17, 15) is 9.59 Å². The van der Waals surface area contributed by atoms with E-state index in [1.165, 1.54) is 0 Å². The molecule has 2 heterocycles. The van der Waals surface area contributed by atoms with Crippen LogP contribution in [0.2, 0.25) is 0 Å². The average molecular weight is 362 g/mol. The number of imidazole rings is 1. The summed E-state index contributed by atoms with van der Waals surface area (Å²) in [7, 11) is 0. The Balaban J connectivity index is 1.28. The quantitative estimate of drug-likeness (QED) is 0.708. The second-order valence-corrected chi connectivity index (χ2v) is 7.09. The molecule has 138 valence electrons. The fourth-order valence-corrected chi connectivity index (χ4v) is 3.14. The molecule has 1 aliphatic carbocycles. The standard InChI is InChI=1S/C21H22N4O2/c1-14-12-18(14)21(27)24-16-7-5-15(6-8-16)20(26)22-10-9-17-13-25-11-3-2-4-19(25)23-17/h2-8,11,13-14,18H,9-10,12H2,1H3,(H,22,26)(H,24,27). The van der Waals surface area contributed by atoms with E-state index in [0.717, 1.165) is 23.4 Å². The number of carbonyl (C=O) groups excluding carboxylic acids is 2. The van der Waals surface area contributed by atoms with Crippen LogP contribution in [0.5, 0.6) is 0 Å². The van der Waals surface area contributed by atoms with E-state index in [4.69, 9.17) is 0 Å². The zero-order chi connectivity index (χ0) is 18.8. The van der Waals surface area contributed by atoms with Gasteiger partial charge >= 0.3 is 0 Å². The fraction of sp³-hybridized carbons (Fsp3) is 0.286. The molecule has 4 rings (SSSR count). The summed E-state index contributed by atoms with van der Waals surface area (Å²) < 4.78 is 1.96.